The fourth-order valence-electron chi connectivity index (χ4n) is 3.45. The van der Waals surface area contributed by atoms with E-state index >= 15 is 0 Å². The van der Waals surface area contributed by atoms with Crippen LogP contribution in [0.4, 0.5) is 0 Å². The van der Waals surface area contributed by atoms with Crippen LogP contribution >= 0.6 is 0 Å². The summed E-state index contributed by atoms with van der Waals surface area (Å²) in [7, 11) is 3.29. The minimum Gasteiger partial charge on any atom is -0.496 e. The second-order valence-corrected chi connectivity index (χ2v) is 6.38. The molecule has 2 amide bonds. The van der Waals surface area contributed by atoms with Gasteiger partial charge in [-0.05, 0) is 24.5 Å². The Hall–Kier alpha value is -2.57. The molecule has 2 heterocycles. The molecule has 0 spiro atoms. The first-order valence-electron chi connectivity index (χ1n) is 7.98. The molecule has 3 rings (SSSR count). The molecule has 1 N–H and O–H groups in total. The minimum atomic E-state index is -0.674. The van der Waals surface area contributed by atoms with E-state index in [2.05, 4.69) is 5.32 Å². The Morgan fingerprint density at radius 1 is 1.25 bits per heavy atom. The van der Waals surface area contributed by atoms with Gasteiger partial charge in [-0.3, -0.25) is 24.0 Å². The van der Waals surface area contributed by atoms with Crippen molar-refractivity contribution in [3.63, 3.8) is 0 Å². The Balaban J connectivity index is 2.30. The number of hydrogen-bond donors (Lipinski definition) is 1. The van der Waals surface area contributed by atoms with Gasteiger partial charge >= 0.3 is 5.69 Å². The van der Waals surface area contributed by atoms with Crippen LogP contribution in [0.15, 0.2) is 16.9 Å². The summed E-state index contributed by atoms with van der Waals surface area (Å²) in [5.74, 6) is 0.136. The van der Waals surface area contributed by atoms with Gasteiger partial charge in [0, 0.05) is 19.0 Å². The molecule has 24 heavy (non-hydrogen) atoms. The number of aromatic nitrogens is 2. The molecule has 2 aromatic rings. The third kappa shape index (κ3) is 2.31. The lowest BCUT2D eigenvalue weighted by Gasteiger charge is -2.22. The van der Waals surface area contributed by atoms with Crippen LogP contribution < -0.4 is 15.7 Å². The lowest BCUT2D eigenvalue weighted by atomic mass is 9.99. The molecule has 1 unspecified atom stereocenters. The fourth-order valence-corrected chi connectivity index (χ4v) is 3.45. The maximum atomic E-state index is 12.8. The second kappa shape index (κ2) is 5.81. The lowest BCUT2D eigenvalue weighted by Crippen LogP contribution is -2.44. The van der Waals surface area contributed by atoms with Gasteiger partial charge in [-0.1, -0.05) is 13.8 Å². The van der Waals surface area contributed by atoms with E-state index in [1.807, 2.05) is 19.9 Å². The summed E-state index contributed by atoms with van der Waals surface area (Å²) in [6.07, 6.45) is 0.555. The Bertz CT molecular complexity index is 891. The quantitative estimate of drug-likeness (QED) is 0.863. The molecule has 1 aliphatic heterocycles. The lowest BCUT2D eigenvalue weighted by molar-refractivity contribution is -0.135. The number of piperidine rings is 1. The Morgan fingerprint density at radius 3 is 2.54 bits per heavy atom. The fraction of sp³-hybridized carbons (Fsp3) is 0.471. The number of imidazole rings is 1. The van der Waals surface area contributed by atoms with Gasteiger partial charge < -0.3 is 4.74 Å². The number of carbonyl (C=O) groups excluding carboxylic acids is 2. The van der Waals surface area contributed by atoms with Gasteiger partial charge in [0.1, 0.15) is 11.8 Å². The highest BCUT2D eigenvalue weighted by atomic mass is 16.5. The normalized spacial score (nSPS) is 18.3. The molecule has 128 valence electrons. The molecule has 0 radical (unpaired) electrons. The molecule has 1 atom stereocenters. The highest BCUT2D eigenvalue weighted by Gasteiger charge is 2.32. The van der Waals surface area contributed by atoms with E-state index in [9.17, 15) is 14.4 Å². The van der Waals surface area contributed by atoms with Crippen molar-refractivity contribution >= 4 is 22.8 Å². The van der Waals surface area contributed by atoms with Crippen molar-refractivity contribution in [2.24, 2.45) is 7.05 Å². The molecule has 1 aromatic carbocycles. The van der Waals surface area contributed by atoms with E-state index in [-0.39, 0.29) is 23.9 Å². The molecule has 7 heteroatoms. The number of amides is 2. The summed E-state index contributed by atoms with van der Waals surface area (Å²) < 4.78 is 8.49. The smallest absolute Gasteiger partial charge is 0.329 e. The third-order valence-electron chi connectivity index (χ3n) is 4.56. The van der Waals surface area contributed by atoms with Crippen LogP contribution in [-0.4, -0.2) is 28.1 Å². The van der Waals surface area contributed by atoms with Crippen molar-refractivity contribution in [2.45, 2.75) is 38.6 Å². The predicted molar refractivity (Wildman–Crippen MR) is 89.2 cm³/mol. The van der Waals surface area contributed by atoms with E-state index in [4.69, 9.17) is 4.74 Å². The maximum absolute atomic E-state index is 12.8. The summed E-state index contributed by atoms with van der Waals surface area (Å²) in [5.41, 5.74) is 2.11. The van der Waals surface area contributed by atoms with Crippen LogP contribution in [0.2, 0.25) is 0 Å². The van der Waals surface area contributed by atoms with Crippen LogP contribution in [0.25, 0.3) is 11.0 Å². The zero-order chi connectivity index (χ0) is 17.6. The van der Waals surface area contributed by atoms with Gasteiger partial charge in [0.2, 0.25) is 11.8 Å². The SMILES string of the molecule is COc1ccc2c(c1C(C)C)n(C)c(=O)n2C1CCC(=O)NC1=O. The number of nitrogens with zero attached hydrogens (tertiary/aromatic N) is 2. The van der Waals surface area contributed by atoms with Crippen LogP contribution in [0.1, 0.15) is 44.2 Å². The number of hydrogen-bond acceptors (Lipinski definition) is 4. The Morgan fingerprint density at radius 2 is 1.96 bits per heavy atom. The number of ether oxygens (including phenoxy) is 1. The van der Waals surface area contributed by atoms with E-state index in [1.54, 1.807) is 24.8 Å². The molecule has 1 aliphatic rings. The standard InChI is InChI=1S/C17H21N3O4/c1-9(2)14-12(24-4)7-5-10-15(14)19(3)17(23)20(10)11-6-8-13(21)18-16(11)22/h5,7,9,11H,6,8H2,1-4H3,(H,18,21,22). The summed E-state index contributed by atoms with van der Waals surface area (Å²) >= 11 is 0. The van der Waals surface area contributed by atoms with E-state index < -0.39 is 11.9 Å². The predicted octanol–water partition coefficient (Wildman–Crippen LogP) is 1.45. The molecule has 1 aromatic heterocycles. The number of methoxy groups -OCH3 is 1. The number of fused-ring (bicyclic) bond motifs is 1. The molecule has 1 fully saturated rings. The maximum Gasteiger partial charge on any atom is 0.329 e. The first-order chi connectivity index (χ1) is 11.4. The van der Waals surface area contributed by atoms with Crippen molar-refractivity contribution in [3.05, 3.63) is 28.2 Å². The number of nitrogens with one attached hydrogen (secondary N) is 1. The van der Waals surface area contributed by atoms with Gasteiger partial charge in [-0.2, -0.15) is 0 Å². The molecular weight excluding hydrogens is 310 g/mol. The van der Waals surface area contributed by atoms with E-state index in [0.717, 1.165) is 11.1 Å². The minimum absolute atomic E-state index is 0.145. The van der Waals surface area contributed by atoms with Crippen molar-refractivity contribution in [1.82, 2.24) is 14.5 Å². The first-order valence-corrected chi connectivity index (χ1v) is 7.98. The van der Waals surface area contributed by atoms with Crippen LogP contribution in [0.3, 0.4) is 0 Å². The van der Waals surface area contributed by atoms with Crippen LogP contribution in [0, 0.1) is 0 Å². The average Bonchev–Trinajstić information content (AvgIpc) is 2.78. The number of rotatable bonds is 3. The highest BCUT2D eigenvalue weighted by molar-refractivity contribution is 6.00. The van der Waals surface area contributed by atoms with E-state index in [1.165, 1.54) is 4.57 Å². The summed E-state index contributed by atoms with van der Waals surface area (Å²) in [6.45, 7) is 4.07. The number of benzene rings is 1. The molecule has 1 saturated heterocycles. The van der Waals surface area contributed by atoms with Gasteiger partial charge in [0.05, 0.1) is 18.1 Å². The molecule has 0 saturated carbocycles. The van der Waals surface area contributed by atoms with Crippen LogP contribution in [-0.2, 0) is 16.6 Å². The van der Waals surface area contributed by atoms with Gasteiger partial charge in [0.15, 0.2) is 0 Å². The van der Waals surface area contributed by atoms with Gasteiger partial charge in [0.25, 0.3) is 0 Å². The van der Waals surface area contributed by atoms with Crippen LogP contribution in [0.5, 0.6) is 5.75 Å². The van der Waals surface area contributed by atoms with Crippen molar-refractivity contribution in [2.75, 3.05) is 7.11 Å². The average molecular weight is 331 g/mol. The number of imide groups is 1. The molecule has 0 bridgehead atoms. The monoisotopic (exact) mass is 331 g/mol. The van der Waals surface area contributed by atoms with E-state index in [0.29, 0.717) is 17.7 Å². The molecular formula is C17H21N3O4. The number of carbonyl (C=O) groups is 2. The second-order valence-electron chi connectivity index (χ2n) is 6.38. The Kier molecular flexibility index (Phi) is 3.95. The zero-order valence-corrected chi connectivity index (χ0v) is 14.3. The molecule has 7 nitrogen and oxygen atoms in total. The summed E-state index contributed by atoms with van der Waals surface area (Å²) in [5, 5.41) is 2.32. The van der Waals surface area contributed by atoms with Crippen molar-refractivity contribution in [1.29, 1.82) is 0 Å². The largest absolute Gasteiger partial charge is 0.496 e. The first kappa shape index (κ1) is 16.3. The van der Waals surface area contributed by atoms with Gasteiger partial charge in [-0.15, -0.1) is 0 Å². The topological polar surface area (TPSA) is 82.3 Å². The summed E-state index contributed by atoms with van der Waals surface area (Å²) in [4.78, 5) is 36.4. The Labute approximate surface area is 139 Å². The molecule has 0 aliphatic carbocycles. The highest BCUT2D eigenvalue weighted by Crippen LogP contribution is 2.34. The third-order valence-corrected chi connectivity index (χ3v) is 4.56. The number of aryl methyl sites for hydroxylation is 1. The van der Waals surface area contributed by atoms with Crippen molar-refractivity contribution in [3.8, 4) is 5.75 Å². The summed E-state index contributed by atoms with van der Waals surface area (Å²) in [6, 6.07) is 2.94. The van der Waals surface area contributed by atoms with Gasteiger partial charge in [-0.25, -0.2) is 4.79 Å². The zero-order valence-electron chi connectivity index (χ0n) is 14.3. The van der Waals surface area contributed by atoms with Crippen molar-refractivity contribution < 1.29 is 14.3 Å².